The number of hydrogen-bond donors (Lipinski definition) is 0. The number of hydrogen-bond acceptors (Lipinski definition) is 3. The average Bonchev–Trinajstić information content (AvgIpc) is 2.40. The number of carbonyl (C=O) groups excluding carboxylic acids is 1. The Bertz CT molecular complexity index is 552. The molecule has 2 aromatic rings. The van der Waals surface area contributed by atoms with Gasteiger partial charge >= 0.3 is 5.97 Å². The van der Waals surface area contributed by atoms with Crippen molar-refractivity contribution in [2.45, 2.75) is 0 Å². The predicted octanol–water partition coefficient (Wildman–Crippen LogP) is 3.05. The van der Waals surface area contributed by atoms with E-state index in [1.807, 2.05) is 0 Å². The van der Waals surface area contributed by atoms with E-state index in [0.717, 1.165) is 0 Å². The first-order valence-corrected chi connectivity index (χ1v) is 5.31. The maximum absolute atomic E-state index is 13.5. The quantitative estimate of drug-likeness (QED) is 0.616. The van der Waals surface area contributed by atoms with Gasteiger partial charge in [0.2, 0.25) is 0 Å². The fourth-order valence-electron chi connectivity index (χ4n) is 1.44. The lowest BCUT2D eigenvalue weighted by Crippen LogP contribution is -2.10. The number of methoxy groups -OCH3 is 1. The van der Waals surface area contributed by atoms with Crippen LogP contribution in [-0.4, -0.2) is 13.1 Å². The average molecular weight is 246 g/mol. The molecule has 0 saturated carbocycles. The Hall–Kier alpha value is -2.36. The molecule has 0 spiro atoms. The van der Waals surface area contributed by atoms with E-state index < -0.39 is 11.8 Å². The Labute approximate surface area is 104 Å². The third kappa shape index (κ3) is 2.66. The monoisotopic (exact) mass is 246 g/mol. The van der Waals surface area contributed by atoms with Gasteiger partial charge in [-0.05, 0) is 30.3 Å². The van der Waals surface area contributed by atoms with Crippen molar-refractivity contribution in [3.8, 4) is 11.5 Å². The van der Waals surface area contributed by atoms with Crippen molar-refractivity contribution in [3.05, 3.63) is 59.9 Å². The second-order valence-corrected chi connectivity index (χ2v) is 3.55. The fourth-order valence-corrected chi connectivity index (χ4v) is 1.44. The standard InChI is InChI=1S/C14H11FO3/c1-17-11-7-8-13(15)12(9-11)14(16)18-10-5-3-2-4-6-10/h2-9H,1H3. The van der Waals surface area contributed by atoms with Crippen molar-refractivity contribution < 1.29 is 18.7 Å². The zero-order chi connectivity index (χ0) is 13.0. The highest BCUT2D eigenvalue weighted by molar-refractivity contribution is 5.91. The van der Waals surface area contributed by atoms with Crippen LogP contribution in [0.4, 0.5) is 4.39 Å². The van der Waals surface area contributed by atoms with E-state index in [0.29, 0.717) is 11.5 Å². The molecule has 0 amide bonds. The normalized spacial score (nSPS) is 9.89. The van der Waals surface area contributed by atoms with E-state index in [-0.39, 0.29) is 5.56 Å². The van der Waals surface area contributed by atoms with Gasteiger partial charge in [-0.15, -0.1) is 0 Å². The number of para-hydroxylation sites is 1. The molecule has 3 nitrogen and oxygen atoms in total. The van der Waals surface area contributed by atoms with E-state index in [2.05, 4.69) is 0 Å². The summed E-state index contributed by atoms with van der Waals surface area (Å²) in [7, 11) is 1.44. The molecule has 0 saturated heterocycles. The highest BCUT2D eigenvalue weighted by Crippen LogP contribution is 2.19. The maximum atomic E-state index is 13.5. The number of halogens is 1. The van der Waals surface area contributed by atoms with E-state index in [9.17, 15) is 9.18 Å². The summed E-state index contributed by atoms with van der Waals surface area (Å²) < 4.78 is 23.5. The lowest BCUT2D eigenvalue weighted by molar-refractivity contribution is 0.0729. The Kier molecular flexibility index (Phi) is 3.57. The van der Waals surface area contributed by atoms with Crippen molar-refractivity contribution in [1.82, 2.24) is 0 Å². The number of benzene rings is 2. The molecular weight excluding hydrogens is 235 g/mol. The molecule has 0 bridgehead atoms. The first-order chi connectivity index (χ1) is 8.70. The van der Waals surface area contributed by atoms with Gasteiger partial charge in [-0.25, -0.2) is 9.18 Å². The summed E-state index contributed by atoms with van der Waals surface area (Å²) in [5.41, 5.74) is -0.154. The first kappa shape index (κ1) is 12.1. The van der Waals surface area contributed by atoms with Gasteiger partial charge < -0.3 is 9.47 Å². The van der Waals surface area contributed by atoms with E-state index >= 15 is 0 Å². The van der Waals surface area contributed by atoms with Gasteiger partial charge in [0.1, 0.15) is 17.3 Å². The molecular formula is C14H11FO3. The summed E-state index contributed by atoms with van der Waals surface area (Å²) in [6.45, 7) is 0. The van der Waals surface area contributed by atoms with Crippen LogP contribution in [0.1, 0.15) is 10.4 Å². The zero-order valence-electron chi connectivity index (χ0n) is 9.72. The molecule has 4 heteroatoms. The largest absolute Gasteiger partial charge is 0.497 e. The minimum absolute atomic E-state index is 0.154. The highest BCUT2D eigenvalue weighted by atomic mass is 19.1. The molecule has 0 aliphatic rings. The van der Waals surface area contributed by atoms with Crippen molar-refractivity contribution in [1.29, 1.82) is 0 Å². The second-order valence-electron chi connectivity index (χ2n) is 3.55. The maximum Gasteiger partial charge on any atom is 0.346 e. The fraction of sp³-hybridized carbons (Fsp3) is 0.0714. The second kappa shape index (κ2) is 5.31. The Morgan fingerprint density at radius 3 is 2.44 bits per heavy atom. The molecule has 0 radical (unpaired) electrons. The highest BCUT2D eigenvalue weighted by Gasteiger charge is 2.15. The van der Waals surface area contributed by atoms with Crippen molar-refractivity contribution >= 4 is 5.97 Å². The predicted molar refractivity (Wildman–Crippen MR) is 64.4 cm³/mol. The lowest BCUT2D eigenvalue weighted by atomic mass is 10.2. The Morgan fingerprint density at radius 1 is 1.06 bits per heavy atom. The first-order valence-electron chi connectivity index (χ1n) is 5.31. The van der Waals surface area contributed by atoms with Crippen LogP contribution in [-0.2, 0) is 0 Å². The molecule has 0 aromatic heterocycles. The topological polar surface area (TPSA) is 35.5 Å². The summed E-state index contributed by atoms with van der Waals surface area (Å²) in [6, 6.07) is 12.4. The zero-order valence-corrected chi connectivity index (χ0v) is 9.72. The van der Waals surface area contributed by atoms with Gasteiger partial charge in [0, 0.05) is 0 Å². The van der Waals surface area contributed by atoms with Crippen molar-refractivity contribution in [2.24, 2.45) is 0 Å². The number of carbonyl (C=O) groups is 1. The van der Waals surface area contributed by atoms with Crippen molar-refractivity contribution in [2.75, 3.05) is 7.11 Å². The summed E-state index contributed by atoms with van der Waals surface area (Å²) in [5, 5.41) is 0. The van der Waals surface area contributed by atoms with Crippen LogP contribution in [0.3, 0.4) is 0 Å². The molecule has 0 aliphatic heterocycles. The minimum Gasteiger partial charge on any atom is -0.497 e. The van der Waals surface area contributed by atoms with Gasteiger partial charge in [0.25, 0.3) is 0 Å². The Balaban J connectivity index is 2.23. The smallest absolute Gasteiger partial charge is 0.346 e. The summed E-state index contributed by atoms with van der Waals surface area (Å²) in [4.78, 5) is 11.8. The molecule has 2 aromatic carbocycles. The number of ether oxygens (including phenoxy) is 2. The van der Waals surface area contributed by atoms with Crippen LogP contribution in [0.5, 0.6) is 11.5 Å². The van der Waals surface area contributed by atoms with E-state index in [4.69, 9.17) is 9.47 Å². The third-order valence-corrected chi connectivity index (χ3v) is 2.35. The number of rotatable bonds is 3. The molecule has 0 aliphatic carbocycles. The van der Waals surface area contributed by atoms with Crippen LogP contribution in [0, 0.1) is 5.82 Å². The van der Waals surface area contributed by atoms with E-state index in [1.165, 1.54) is 25.3 Å². The van der Waals surface area contributed by atoms with Gasteiger partial charge in [0.05, 0.1) is 12.7 Å². The number of esters is 1. The van der Waals surface area contributed by atoms with Gasteiger partial charge in [-0.3, -0.25) is 0 Å². The van der Waals surface area contributed by atoms with Crippen LogP contribution in [0.15, 0.2) is 48.5 Å². The molecule has 0 fully saturated rings. The molecule has 92 valence electrons. The molecule has 0 N–H and O–H groups in total. The van der Waals surface area contributed by atoms with Crippen LogP contribution >= 0.6 is 0 Å². The lowest BCUT2D eigenvalue weighted by Gasteiger charge is -2.06. The SMILES string of the molecule is COc1ccc(F)c(C(=O)Oc2ccccc2)c1. The van der Waals surface area contributed by atoms with Crippen molar-refractivity contribution in [3.63, 3.8) is 0 Å². The summed E-state index contributed by atoms with van der Waals surface area (Å²) in [5.74, 6) is -0.629. The van der Waals surface area contributed by atoms with Crippen LogP contribution in [0.25, 0.3) is 0 Å². The molecule has 0 atom stereocenters. The molecule has 0 unspecified atom stereocenters. The van der Waals surface area contributed by atoms with Crippen LogP contribution in [0.2, 0.25) is 0 Å². The van der Waals surface area contributed by atoms with Gasteiger partial charge in [-0.2, -0.15) is 0 Å². The molecule has 2 rings (SSSR count). The minimum atomic E-state index is -0.752. The molecule has 0 heterocycles. The van der Waals surface area contributed by atoms with Gasteiger partial charge in [0.15, 0.2) is 0 Å². The van der Waals surface area contributed by atoms with E-state index in [1.54, 1.807) is 30.3 Å². The Morgan fingerprint density at radius 2 is 1.78 bits per heavy atom. The van der Waals surface area contributed by atoms with Crippen LogP contribution < -0.4 is 9.47 Å². The molecule has 18 heavy (non-hydrogen) atoms. The van der Waals surface area contributed by atoms with Gasteiger partial charge in [-0.1, -0.05) is 18.2 Å². The summed E-state index contributed by atoms with van der Waals surface area (Å²) in [6.07, 6.45) is 0. The third-order valence-electron chi connectivity index (χ3n) is 2.35. The summed E-state index contributed by atoms with van der Waals surface area (Å²) >= 11 is 0.